The van der Waals surface area contributed by atoms with Gasteiger partial charge in [0.15, 0.2) is 0 Å². The van der Waals surface area contributed by atoms with E-state index in [1.807, 2.05) is 18.5 Å². The van der Waals surface area contributed by atoms with Crippen LogP contribution >= 0.6 is 0 Å². The Morgan fingerprint density at radius 1 is 1.21 bits per heavy atom. The van der Waals surface area contributed by atoms with Crippen molar-refractivity contribution in [3.05, 3.63) is 30.1 Å². The van der Waals surface area contributed by atoms with Gasteiger partial charge in [-0.3, -0.25) is 4.98 Å². The maximum absolute atomic E-state index is 4.22. The summed E-state index contributed by atoms with van der Waals surface area (Å²) in [4.78, 5) is 4.22. The lowest BCUT2D eigenvalue weighted by molar-refractivity contribution is 0.0811. The molecule has 0 bridgehead atoms. The van der Waals surface area contributed by atoms with Crippen LogP contribution in [-0.4, -0.2) is 11.0 Å². The first-order valence-electron chi connectivity index (χ1n) is 7.43. The molecule has 2 rings (SSSR count). The predicted octanol–water partition coefficient (Wildman–Crippen LogP) is 4.34. The Hall–Kier alpha value is -0.890. The van der Waals surface area contributed by atoms with Gasteiger partial charge < -0.3 is 5.32 Å². The van der Waals surface area contributed by atoms with Crippen LogP contribution in [0.3, 0.4) is 0 Å². The highest BCUT2D eigenvalue weighted by molar-refractivity contribution is 5.13. The van der Waals surface area contributed by atoms with Gasteiger partial charge in [-0.25, -0.2) is 0 Å². The molecule has 0 radical (unpaired) electrons. The second-order valence-corrected chi connectivity index (χ2v) is 7.79. The van der Waals surface area contributed by atoms with E-state index < -0.39 is 0 Å². The first-order chi connectivity index (χ1) is 8.77. The largest absolute Gasteiger partial charge is 0.307 e. The third-order valence-corrected chi connectivity index (χ3v) is 4.23. The second-order valence-electron chi connectivity index (χ2n) is 7.79. The van der Waals surface area contributed by atoms with Gasteiger partial charge >= 0.3 is 0 Å². The zero-order chi connectivity index (χ0) is 14.1. The summed E-state index contributed by atoms with van der Waals surface area (Å²) in [6.45, 7) is 11.8. The third-order valence-electron chi connectivity index (χ3n) is 4.23. The average molecular weight is 260 g/mol. The highest BCUT2D eigenvalue weighted by Gasteiger charge is 2.38. The third kappa shape index (κ3) is 4.04. The maximum Gasteiger partial charge on any atom is 0.0315 e. The summed E-state index contributed by atoms with van der Waals surface area (Å²) in [5, 5.41) is 3.81. The number of hydrogen-bond acceptors (Lipinski definition) is 2. The van der Waals surface area contributed by atoms with Crippen LogP contribution in [0.1, 0.15) is 65.5 Å². The fourth-order valence-corrected chi connectivity index (χ4v) is 4.05. The molecule has 0 aliphatic heterocycles. The summed E-state index contributed by atoms with van der Waals surface area (Å²) >= 11 is 0. The quantitative estimate of drug-likeness (QED) is 0.874. The van der Waals surface area contributed by atoms with Crippen molar-refractivity contribution in [2.24, 2.45) is 10.8 Å². The van der Waals surface area contributed by atoms with Crippen molar-refractivity contribution in [3.63, 3.8) is 0 Å². The van der Waals surface area contributed by atoms with Crippen molar-refractivity contribution >= 4 is 0 Å². The van der Waals surface area contributed by atoms with Gasteiger partial charge in [-0.15, -0.1) is 0 Å². The van der Waals surface area contributed by atoms with Gasteiger partial charge in [-0.1, -0.05) is 33.8 Å². The summed E-state index contributed by atoms with van der Waals surface area (Å²) in [7, 11) is 0. The number of nitrogens with one attached hydrogen (secondary N) is 1. The normalized spacial score (nSPS) is 24.1. The van der Waals surface area contributed by atoms with E-state index in [0.717, 1.165) is 0 Å². The Morgan fingerprint density at radius 3 is 2.37 bits per heavy atom. The summed E-state index contributed by atoms with van der Waals surface area (Å²) < 4.78 is 0. The van der Waals surface area contributed by atoms with Crippen LogP contribution in [0.2, 0.25) is 0 Å². The lowest BCUT2D eigenvalue weighted by atomic mass is 9.63. The average Bonchev–Trinajstić information content (AvgIpc) is 2.25. The predicted molar refractivity (Wildman–Crippen MR) is 81.0 cm³/mol. The minimum atomic E-state index is 0.378. The van der Waals surface area contributed by atoms with Gasteiger partial charge in [0.05, 0.1) is 0 Å². The molecule has 1 atom stereocenters. The standard InChI is InChI=1S/C17H28N2/c1-13(14-7-6-8-18-11-14)19-15-9-16(2,3)12-17(4,5)10-15/h6-8,11,13,15,19H,9-10,12H2,1-5H3. The number of nitrogens with zero attached hydrogens (tertiary/aromatic N) is 1. The van der Waals surface area contributed by atoms with Crippen LogP contribution in [0.15, 0.2) is 24.5 Å². The molecule has 0 saturated heterocycles. The molecule has 0 spiro atoms. The highest BCUT2D eigenvalue weighted by atomic mass is 15.0. The van der Waals surface area contributed by atoms with Gasteiger partial charge in [0.1, 0.15) is 0 Å². The Kier molecular flexibility index (Phi) is 4.00. The summed E-state index contributed by atoms with van der Waals surface area (Å²) in [5.41, 5.74) is 2.16. The minimum Gasteiger partial charge on any atom is -0.307 e. The molecule has 1 aromatic rings. The molecule has 2 heteroatoms. The van der Waals surface area contributed by atoms with Crippen LogP contribution in [0.25, 0.3) is 0 Å². The van der Waals surface area contributed by atoms with Crippen LogP contribution in [0, 0.1) is 10.8 Å². The van der Waals surface area contributed by atoms with E-state index in [1.165, 1.54) is 24.8 Å². The summed E-state index contributed by atoms with van der Waals surface area (Å²) in [6, 6.07) is 5.16. The lowest BCUT2D eigenvalue weighted by Gasteiger charge is -2.46. The first-order valence-corrected chi connectivity index (χ1v) is 7.43. The Labute approximate surface area is 118 Å². The molecule has 1 heterocycles. The maximum atomic E-state index is 4.22. The van der Waals surface area contributed by atoms with E-state index in [-0.39, 0.29) is 0 Å². The second kappa shape index (κ2) is 5.24. The van der Waals surface area contributed by atoms with Crippen molar-refractivity contribution in [2.45, 2.75) is 66.0 Å². The van der Waals surface area contributed by atoms with Crippen molar-refractivity contribution in [1.82, 2.24) is 10.3 Å². The van der Waals surface area contributed by atoms with E-state index in [0.29, 0.717) is 22.9 Å². The smallest absolute Gasteiger partial charge is 0.0315 e. The van der Waals surface area contributed by atoms with Crippen LogP contribution in [0.5, 0.6) is 0 Å². The number of hydrogen-bond donors (Lipinski definition) is 1. The van der Waals surface area contributed by atoms with Crippen molar-refractivity contribution in [2.75, 3.05) is 0 Å². The first kappa shape index (κ1) is 14.5. The summed E-state index contributed by atoms with van der Waals surface area (Å²) in [6.07, 6.45) is 7.65. The van der Waals surface area contributed by atoms with Crippen LogP contribution < -0.4 is 5.32 Å². The van der Waals surface area contributed by atoms with Gasteiger partial charge in [-0.05, 0) is 48.6 Å². The molecule has 19 heavy (non-hydrogen) atoms. The zero-order valence-corrected chi connectivity index (χ0v) is 13.0. The zero-order valence-electron chi connectivity index (χ0n) is 13.0. The number of aromatic nitrogens is 1. The molecule has 1 aliphatic rings. The lowest BCUT2D eigenvalue weighted by Crippen LogP contribution is -2.44. The van der Waals surface area contributed by atoms with E-state index in [4.69, 9.17) is 0 Å². The molecular formula is C17H28N2. The fourth-order valence-electron chi connectivity index (χ4n) is 4.05. The van der Waals surface area contributed by atoms with Crippen molar-refractivity contribution in [3.8, 4) is 0 Å². The molecule has 1 fully saturated rings. The Balaban J connectivity index is 2.03. The topological polar surface area (TPSA) is 24.9 Å². The number of rotatable bonds is 3. The van der Waals surface area contributed by atoms with Crippen molar-refractivity contribution < 1.29 is 0 Å². The van der Waals surface area contributed by atoms with Gasteiger partial charge in [0.2, 0.25) is 0 Å². The summed E-state index contributed by atoms with van der Waals surface area (Å²) in [5.74, 6) is 0. The molecule has 0 amide bonds. The van der Waals surface area contributed by atoms with E-state index in [9.17, 15) is 0 Å². The van der Waals surface area contributed by atoms with Gasteiger partial charge in [0, 0.05) is 24.5 Å². The van der Waals surface area contributed by atoms with Crippen LogP contribution in [0.4, 0.5) is 0 Å². The molecule has 2 nitrogen and oxygen atoms in total. The minimum absolute atomic E-state index is 0.378. The molecule has 1 saturated carbocycles. The van der Waals surface area contributed by atoms with E-state index in [1.54, 1.807) is 0 Å². The molecule has 1 unspecified atom stereocenters. The Morgan fingerprint density at radius 2 is 1.84 bits per heavy atom. The van der Waals surface area contributed by atoms with Crippen molar-refractivity contribution in [1.29, 1.82) is 0 Å². The van der Waals surface area contributed by atoms with E-state index >= 15 is 0 Å². The van der Waals surface area contributed by atoms with Gasteiger partial charge in [0.25, 0.3) is 0 Å². The SMILES string of the molecule is CC(NC1CC(C)(C)CC(C)(C)C1)c1cccnc1. The number of pyridine rings is 1. The molecule has 1 aromatic heterocycles. The monoisotopic (exact) mass is 260 g/mol. The highest BCUT2D eigenvalue weighted by Crippen LogP contribution is 2.46. The molecule has 0 aromatic carbocycles. The Bertz CT molecular complexity index is 393. The molecule has 106 valence electrons. The van der Waals surface area contributed by atoms with Gasteiger partial charge in [-0.2, -0.15) is 0 Å². The molecular weight excluding hydrogens is 232 g/mol. The molecule has 1 N–H and O–H groups in total. The van der Waals surface area contributed by atoms with E-state index in [2.05, 4.69) is 51.0 Å². The van der Waals surface area contributed by atoms with Crippen LogP contribution in [-0.2, 0) is 0 Å². The molecule has 1 aliphatic carbocycles. The fraction of sp³-hybridized carbons (Fsp3) is 0.706.